The molecule has 3 aromatic carbocycles. The van der Waals surface area contributed by atoms with E-state index in [1.807, 2.05) is 84.9 Å². The van der Waals surface area contributed by atoms with E-state index in [0.717, 1.165) is 16.7 Å². The molecular weight excluding hydrogens is 364 g/mol. The molecule has 146 valence electrons. The lowest BCUT2D eigenvalue weighted by atomic mass is 9.83. The van der Waals surface area contributed by atoms with E-state index in [1.54, 1.807) is 7.11 Å². The molecule has 1 fully saturated rings. The highest BCUT2D eigenvalue weighted by Crippen LogP contribution is 2.34. The van der Waals surface area contributed by atoms with Crippen LogP contribution in [0, 0.1) is 0 Å². The molecule has 1 heterocycles. The Morgan fingerprint density at radius 2 is 1.52 bits per heavy atom. The Hall–Kier alpha value is -3.60. The van der Waals surface area contributed by atoms with Gasteiger partial charge in [0.1, 0.15) is 5.75 Å². The Kier molecular flexibility index (Phi) is 5.04. The van der Waals surface area contributed by atoms with Crippen molar-refractivity contribution in [3.8, 4) is 5.75 Å². The average molecular weight is 386 g/mol. The van der Waals surface area contributed by atoms with Gasteiger partial charge < -0.3 is 10.1 Å². The molecule has 0 saturated carbocycles. The SMILES string of the molecule is COc1cccc(CN2C(=O)N[C@](Cc3ccccc3)(c3ccccc3)C2=O)c1. The van der Waals surface area contributed by atoms with Crippen LogP contribution in [0.4, 0.5) is 4.79 Å². The first-order chi connectivity index (χ1) is 14.1. The summed E-state index contributed by atoms with van der Waals surface area (Å²) in [5.41, 5.74) is 1.46. The number of imide groups is 1. The van der Waals surface area contributed by atoms with Crippen molar-refractivity contribution in [2.24, 2.45) is 0 Å². The van der Waals surface area contributed by atoms with Gasteiger partial charge in [-0.15, -0.1) is 0 Å². The van der Waals surface area contributed by atoms with E-state index in [1.165, 1.54) is 4.90 Å². The molecule has 5 nitrogen and oxygen atoms in total. The van der Waals surface area contributed by atoms with E-state index < -0.39 is 11.6 Å². The van der Waals surface area contributed by atoms with E-state index in [-0.39, 0.29) is 12.5 Å². The fourth-order valence-corrected chi connectivity index (χ4v) is 3.77. The molecule has 1 saturated heterocycles. The number of urea groups is 1. The smallest absolute Gasteiger partial charge is 0.325 e. The highest BCUT2D eigenvalue weighted by molar-refractivity contribution is 6.07. The van der Waals surface area contributed by atoms with Gasteiger partial charge >= 0.3 is 6.03 Å². The van der Waals surface area contributed by atoms with Gasteiger partial charge in [-0.3, -0.25) is 9.69 Å². The highest BCUT2D eigenvalue weighted by Gasteiger charge is 2.52. The third-order valence-corrected chi connectivity index (χ3v) is 5.23. The first-order valence-electron chi connectivity index (χ1n) is 9.49. The number of nitrogens with one attached hydrogen (secondary N) is 1. The summed E-state index contributed by atoms with van der Waals surface area (Å²) in [4.78, 5) is 27.8. The van der Waals surface area contributed by atoms with Crippen molar-refractivity contribution >= 4 is 11.9 Å². The first kappa shape index (κ1) is 18.7. The fraction of sp³-hybridized carbons (Fsp3) is 0.167. The number of nitrogens with zero attached hydrogens (tertiary/aromatic N) is 1. The van der Waals surface area contributed by atoms with Gasteiger partial charge in [-0.2, -0.15) is 0 Å². The third-order valence-electron chi connectivity index (χ3n) is 5.23. The molecule has 0 unspecified atom stereocenters. The second kappa shape index (κ2) is 7.80. The minimum absolute atomic E-state index is 0.186. The van der Waals surface area contributed by atoms with Crippen molar-refractivity contribution < 1.29 is 14.3 Å². The van der Waals surface area contributed by atoms with E-state index in [4.69, 9.17) is 4.74 Å². The van der Waals surface area contributed by atoms with Crippen LogP contribution in [0.2, 0.25) is 0 Å². The monoisotopic (exact) mass is 386 g/mol. The number of amides is 3. The molecule has 5 heteroatoms. The van der Waals surface area contributed by atoms with Crippen LogP contribution in [0.1, 0.15) is 16.7 Å². The molecule has 29 heavy (non-hydrogen) atoms. The summed E-state index contributed by atoms with van der Waals surface area (Å²) in [6.07, 6.45) is 0.386. The molecular formula is C24H22N2O3. The van der Waals surface area contributed by atoms with E-state index in [2.05, 4.69) is 5.32 Å². The van der Waals surface area contributed by atoms with Crippen molar-refractivity contribution in [1.82, 2.24) is 10.2 Å². The Balaban J connectivity index is 1.70. The predicted octanol–water partition coefficient (Wildman–Crippen LogP) is 3.89. The summed E-state index contributed by atoms with van der Waals surface area (Å²) in [5, 5.41) is 2.99. The van der Waals surface area contributed by atoms with Gasteiger partial charge in [-0.1, -0.05) is 72.8 Å². The van der Waals surface area contributed by atoms with Crippen LogP contribution in [-0.2, 0) is 23.3 Å². The molecule has 1 atom stereocenters. The molecule has 1 N–H and O–H groups in total. The number of benzene rings is 3. The number of methoxy groups -OCH3 is 1. The van der Waals surface area contributed by atoms with Crippen molar-refractivity contribution in [1.29, 1.82) is 0 Å². The average Bonchev–Trinajstić information content (AvgIpc) is 3.00. The van der Waals surface area contributed by atoms with Crippen LogP contribution in [0.15, 0.2) is 84.9 Å². The molecule has 0 radical (unpaired) electrons. The Labute approximate surface area is 169 Å². The normalized spacial score (nSPS) is 18.6. The first-order valence-corrected chi connectivity index (χ1v) is 9.49. The van der Waals surface area contributed by atoms with Crippen molar-refractivity contribution in [2.45, 2.75) is 18.5 Å². The standard InChI is InChI=1S/C24H22N2O3/c1-29-21-14-8-11-19(15-21)17-26-22(27)24(25-23(26)28,20-12-6-3-7-13-20)16-18-9-4-2-5-10-18/h2-15H,16-17H2,1H3,(H,25,28)/t24-/m1/s1. The molecule has 0 aromatic heterocycles. The maximum absolute atomic E-state index is 13.6. The lowest BCUT2D eigenvalue weighted by Gasteiger charge is -2.27. The van der Waals surface area contributed by atoms with Crippen LogP contribution in [0.25, 0.3) is 0 Å². The van der Waals surface area contributed by atoms with Crippen LogP contribution in [0.5, 0.6) is 5.75 Å². The van der Waals surface area contributed by atoms with E-state index in [0.29, 0.717) is 12.2 Å². The summed E-state index contributed by atoms with van der Waals surface area (Å²) in [5.74, 6) is 0.438. The number of carbonyl (C=O) groups excluding carboxylic acids is 2. The van der Waals surface area contributed by atoms with Crippen LogP contribution in [0.3, 0.4) is 0 Å². The van der Waals surface area contributed by atoms with Gasteiger partial charge in [0.2, 0.25) is 0 Å². The molecule has 1 aliphatic heterocycles. The number of rotatable bonds is 6. The Morgan fingerprint density at radius 1 is 0.862 bits per heavy atom. The second-order valence-corrected chi connectivity index (χ2v) is 7.11. The second-order valence-electron chi connectivity index (χ2n) is 7.11. The molecule has 0 bridgehead atoms. The summed E-state index contributed by atoms with van der Waals surface area (Å²) >= 11 is 0. The van der Waals surface area contributed by atoms with E-state index in [9.17, 15) is 9.59 Å². The minimum Gasteiger partial charge on any atom is -0.497 e. The molecule has 3 amide bonds. The summed E-state index contributed by atoms with van der Waals surface area (Å²) in [6, 6.07) is 26.2. The van der Waals surface area contributed by atoms with Gasteiger partial charge in [0.25, 0.3) is 5.91 Å². The molecule has 0 spiro atoms. The van der Waals surface area contributed by atoms with Gasteiger partial charge in [0, 0.05) is 6.42 Å². The van der Waals surface area contributed by atoms with E-state index >= 15 is 0 Å². The summed E-state index contributed by atoms with van der Waals surface area (Å²) in [6.45, 7) is 0.186. The zero-order chi connectivity index (χ0) is 20.3. The summed E-state index contributed by atoms with van der Waals surface area (Å²) in [7, 11) is 1.59. The maximum atomic E-state index is 13.6. The lowest BCUT2D eigenvalue weighted by molar-refractivity contribution is -0.132. The largest absolute Gasteiger partial charge is 0.497 e. The van der Waals surface area contributed by atoms with Gasteiger partial charge in [-0.25, -0.2) is 4.79 Å². The van der Waals surface area contributed by atoms with Crippen molar-refractivity contribution in [3.05, 3.63) is 102 Å². The topological polar surface area (TPSA) is 58.6 Å². The molecule has 1 aliphatic rings. The third kappa shape index (κ3) is 3.59. The number of hydrogen-bond donors (Lipinski definition) is 1. The lowest BCUT2D eigenvalue weighted by Crippen LogP contribution is -2.46. The Bertz CT molecular complexity index is 1020. The van der Waals surface area contributed by atoms with Gasteiger partial charge in [-0.05, 0) is 28.8 Å². The van der Waals surface area contributed by atoms with Crippen LogP contribution < -0.4 is 10.1 Å². The predicted molar refractivity (Wildman–Crippen MR) is 110 cm³/mol. The molecule has 0 aliphatic carbocycles. The van der Waals surface area contributed by atoms with Gasteiger partial charge in [0.15, 0.2) is 5.54 Å². The molecule has 3 aromatic rings. The summed E-state index contributed by atoms with van der Waals surface area (Å²) < 4.78 is 5.26. The Morgan fingerprint density at radius 3 is 2.21 bits per heavy atom. The van der Waals surface area contributed by atoms with Crippen molar-refractivity contribution in [3.63, 3.8) is 0 Å². The van der Waals surface area contributed by atoms with Crippen molar-refractivity contribution in [2.75, 3.05) is 7.11 Å². The minimum atomic E-state index is -1.13. The van der Waals surface area contributed by atoms with Crippen LogP contribution >= 0.6 is 0 Å². The zero-order valence-corrected chi connectivity index (χ0v) is 16.2. The van der Waals surface area contributed by atoms with Gasteiger partial charge in [0.05, 0.1) is 13.7 Å². The number of carbonyl (C=O) groups is 2. The number of ether oxygens (including phenoxy) is 1. The fourth-order valence-electron chi connectivity index (χ4n) is 3.77. The van der Waals surface area contributed by atoms with Crippen LogP contribution in [-0.4, -0.2) is 23.9 Å². The zero-order valence-electron chi connectivity index (χ0n) is 16.2. The quantitative estimate of drug-likeness (QED) is 0.654. The number of hydrogen-bond acceptors (Lipinski definition) is 3. The highest BCUT2D eigenvalue weighted by atomic mass is 16.5. The maximum Gasteiger partial charge on any atom is 0.325 e. The molecule has 4 rings (SSSR count).